The quantitative estimate of drug-likeness (QED) is 0.492. The van der Waals surface area contributed by atoms with Gasteiger partial charge in [0.1, 0.15) is 0 Å². The van der Waals surface area contributed by atoms with Gasteiger partial charge >= 0.3 is 0 Å². The standard InChI is InChI=1S/C16H27NO/c1-2-3-4-5-6-7-8-10-13-16(18)17-14-11-9-12-15-17/h7,10H,2-6,9,11-15H2,1H3. The SMILES string of the molecule is CCCCCCC=C=CCC(=O)N1CCCCC1. The maximum atomic E-state index is 11.8. The molecule has 18 heavy (non-hydrogen) atoms. The second-order valence-electron chi connectivity index (χ2n) is 5.07. The Hall–Kier alpha value is -1.01. The van der Waals surface area contributed by atoms with Crippen molar-refractivity contribution in [3.8, 4) is 0 Å². The van der Waals surface area contributed by atoms with E-state index in [4.69, 9.17) is 0 Å². The summed E-state index contributed by atoms with van der Waals surface area (Å²) in [6.45, 7) is 4.13. The van der Waals surface area contributed by atoms with Crippen molar-refractivity contribution >= 4 is 5.91 Å². The predicted molar refractivity (Wildman–Crippen MR) is 76.5 cm³/mol. The van der Waals surface area contributed by atoms with Gasteiger partial charge in [0.2, 0.25) is 5.91 Å². The van der Waals surface area contributed by atoms with Crippen molar-refractivity contribution in [3.63, 3.8) is 0 Å². The Bertz CT molecular complexity index is 283. The summed E-state index contributed by atoms with van der Waals surface area (Å²) >= 11 is 0. The molecular weight excluding hydrogens is 222 g/mol. The predicted octanol–water partition coefficient (Wildman–Crippen LogP) is 4.07. The Morgan fingerprint density at radius 1 is 1.11 bits per heavy atom. The number of hydrogen-bond acceptors (Lipinski definition) is 1. The van der Waals surface area contributed by atoms with Crippen LogP contribution in [-0.4, -0.2) is 23.9 Å². The molecule has 0 aromatic rings. The lowest BCUT2D eigenvalue weighted by molar-refractivity contribution is -0.131. The van der Waals surface area contributed by atoms with Gasteiger partial charge < -0.3 is 4.90 Å². The van der Waals surface area contributed by atoms with Gasteiger partial charge in [0.15, 0.2) is 0 Å². The molecule has 0 bridgehead atoms. The van der Waals surface area contributed by atoms with Crippen molar-refractivity contribution in [1.29, 1.82) is 0 Å². The molecule has 0 aromatic carbocycles. The highest BCUT2D eigenvalue weighted by molar-refractivity contribution is 5.77. The van der Waals surface area contributed by atoms with Crippen LogP contribution < -0.4 is 0 Å². The Morgan fingerprint density at radius 2 is 1.89 bits per heavy atom. The fourth-order valence-electron chi connectivity index (χ4n) is 2.26. The summed E-state index contributed by atoms with van der Waals surface area (Å²) in [6.07, 6.45) is 14.3. The van der Waals surface area contributed by atoms with Crippen LogP contribution in [0.1, 0.15) is 64.7 Å². The molecule has 1 saturated heterocycles. The van der Waals surface area contributed by atoms with Crippen LogP contribution in [0.2, 0.25) is 0 Å². The van der Waals surface area contributed by atoms with Gasteiger partial charge in [0.25, 0.3) is 0 Å². The third kappa shape index (κ3) is 6.66. The third-order valence-corrected chi connectivity index (χ3v) is 3.42. The summed E-state index contributed by atoms with van der Waals surface area (Å²) in [4.78, 5) is 13.8. The van der Waals surface area contributed by atoms with E-state index in [0.29, 0.717) is 6.42 Å². The van der Waals surface area contributed by atoms with Gasteiger partial charge in [0.05, 0.1) is 6.42 Å². The van der Waals surface area contributed by atoms with Crippen LogP contribution in [0.3, 0.4) is 0 Å². The van der Waals surface area contributed by atoms with Gasteiger partial charge in [0, 0.05) is 13.1 Å². The Morgan fingerprint density at radius 3 is 2.61 bits per heavy atom. The summed E-state index contributed by atoms with van der Waals surface area (Å²) in [5.74, 6) is 0.265. The number of amides is 1. The van der Waals surface area contributed by atoms with Gasteiger partial charge in [-0.2, -0.15) is 0 Å². The summed E-state index contributed by atoms with van der Waals surface area (Å²) in [5, 5.41) is 0. The monoisotopic (exact) mass is 249 g/mol. The number of carbonyl (C=O) groups is 1. The largest absolute Gasteiger partial charge is 0.342 e. The summed E-state index contributed by atoms with van der Waals surface area (Å²) < 4.78 is 0. The van der Waals surface area contributed by atoms with E-state index in [-0.39, 0.29) is 5.91 Å². The van der Waals surface area contributed by atoms with Crippen molar-refractivity contribution in [2.75, 3.05) is 13.1 Å². The summed E-state index contributed by atoms with van der Waals surface area (Å²) in [6, 6.07) is 0. The first-order chi connectivity index (χ1) is 8.84. The van der Waals surface area contributed by atoms with E-state index in [1.807, 2.05) is 11.0 Å². The molecule has 2 nitrogen and oxygen atoms in total. The average molecular weight is 249 g/mol. The maximum absolute atomic E-state index is 11.8. The molecule has 2 heteroatoms. The normalized spacial score (nSPS) is 15.1. The molecule has 1 amide bonds. The van der Waals surface area contributed by atoms with Crippen LogP contribution >= 0.6 is 0 Å². The molecule has 0 aliphatic carbocycles. The van der Waals surface area contributed by atoms with Crippen LogP contribution in [0, 0.1) is 0 Å². The molecule has 0 unspecified atom stereocenters. The van der Waals surface area contributed by atoms with Crippen molar-refractivity contribution in [1.82, 2.24) is 4.90 Å². The number of carbonyl (C=O) groups excluding carboxylic acids is 1. The average Bonchev–Trinajstić information content (AvgIpc) is 2.42. The molecule has 1 aliphatic rings. The fourth-order valence-corrected chi connectivity index (χ4v) is 2.26. The Labute approximate surface area is 112 Å². The molecule has 0 N–H and O–H groups in total. The lowest BCUT2D eigenvalue weighted by atomic mass is 10.1. The minimum atomic E-state index is 0.265. The van der Waals surface area contributed by atoms with E-state index in [2.05, 4.69) is 18.7 Å². The van der Waals surface area contributed by atoms with Crippen molar-refractivity contribution in [3.05, 3.63) is 17.9 Å². The number of nitrogens with zero attached hydrogens (tertiary/aromatic N) is 1. The van der Waals surface area contributed by atoms with Gasteiger partial charge in [-0.15, -0.1) is 5.73 Å². The van der Waals surface area contributed by atoms with Crippen LogP contribution in [-0.2, 0) is 4.79 Å². The number of piperidine rings is 1. The molecule has 0 saturated carbocycles. The van der Waals surface area contributed by atoms with Crippen LogP contribution in [0.15, 0.2) is 17.9 Å². The highest BCUT2D eigenvalue weighted by Crippen LogP contribution is 2.09. The highest BCUT2D eigenvalue weighted by atomic mass is 16.2. The summed E-state index contributed by atoms with van der Waals surface area (Å²) in [5.41, 5.74) is 3.13. The Balaban J connectivity index is 2.10. The zero-order valence-electron chi connectivity index (χ0n) is 11.8. The van der Waals surface area contributed by atoms with Crippen LogP contribution in [0.4, 0.5) is 0 Å². The molecule has 0 spiro atoms. The number of hydrogen-bond donors (Lipinski definition) is 0. The molecule has 102 valence electrons. The van der Waals surface area contributed by atoms with Gasteiger partial charge in [-0.1, -0.05) is 26.2 Å². The second-order valence-corrected chi connectivity index (χ2v) is 5.07. The van der Waals surface area contributed by atoms with E-state index in [1.54, 1.807) is 0 Å². The zero-order chi connectivity index (χ0) is 13.1. The lowest BCUT2D eigenvalue weighted by Crippen LogP contribution is -2.35. The van der Waals surface area contributed by atoms with E-state index >= 15 is 0 Å². The topological polar surface area (TPSA) is 20.3 Å². The maximum Gasteiger partial charge on any atom is 0.227 e. The molecule has 1 aliphatic heterocycles. The minimum Gasteiger partial charge on any atom is -0.342 e. The first-order valence-electron chi connectivity index (χ1n) is 7.51. The van der Waals surface area contributed by atoms with E-state index in [1.165, 1.54) is 44.9 Å². The van der Waals surface area contributed by atoms with E-state index in [9.17, 15) is 4.79 Å². The zero-order valence-corrected chi connectivity index (χ0v) is 11.8. The molecule has 0 radical (unpaired) electrons. The first-order valence-corrected chi connectivity index (χ1v) is 7.51. The number of rotatable bonds is 7. The van der Waals surface area contributed by atoms with Crippen molar-refractivity contribution < 1.29 is 4.79 Å². The molecule has 1 heterocycles. The van der Waals surface area contributed by atoms with Gasteiger partial charge in [-0.05, 0) is 44.3 Å². The first kappa shape index (κ1) is 15.0. The minimum absolute atomic E-state index is 0.265. The van der Waals surface area contributed by atoms with E-state index < -0.39 is 0 Å². The van der Waals surface area contributed by atoms with Gasteiger partial charge in [-0.3, -0.25) is 4.79 Å². The van der Waals surface area contributed by atoms with E-state index in [0.717, 1.165) is 19.5 Å². The van der Waals surface area contributed by atoms with Crippen LogP contribution in [0.25, 0.3) is 0 Å². The molecule has 1 fully saturated rings. The fraction of sp³-hybridized carbons (Fsp3) is 0.750. The molecule has 0 atom stereocenters. The molecular formula is C16H27NO. The third-order valence-electron chi connectivity index (χ3n) is 3.42. The van der Waals surface area contributed by atoms with Crippen molar-refractivity contribution in [2.45, 2.75) is 64.7 Å². The van der Waals surface area contributed by atoms with Gasteiger partial charge in [-0.25, -0.2) is 0 Å². The number of unbranched alkanes of at least 4 members (excludes halogenated alkanes) is 4. The van der Waals surface area contributed by atoms with Crippen molar-refractivity contribution in [2.24, 2.45) is 0 Å². The Kier molecular flexibility index (Phi) is 8.33. The molecule has 1 rings (SSSR count). The smallest absolute Gasteiger partial charge is 0.227 e. The summed E-state index contributed by atoms with van der Waals surface area (Å²) in [7, 11) is 0. The number of likely N-dealkylation sites (tertiary alicyclic amines) is 1. The highest BCUT2D eigenvalue weighted by Gasteiger charge is 2.14. The second kappa shape index (κ2) is 9.96. The van der Waals surface area contributed by atoms with Crippen LogP contribution in [0.5, 0.6) is 0 Å². The molecule has 0 aromatic heterocycles. The lowest BCUT2D eigenvalue weighted by Gasteiger charge is -2.26.